The maximum Gasteiger partial charge on any atom is 0.202 e. The van der Waals surface area contributed by atoms with E-state index < -0.39 is 82.6 Å². The Labute approximate surface area is 253 Å². The molecule has 12 nitrogen and oxygen atoms in total. The van der Waals surface area contributed by atoms with E-state index in [1.807, 2.05) is 0 Å². The van der Waals surface area contributed by atoms with Crippen molar-refractivity contribution >= 4 is 23.1 Å². The van der Waals surface area contributed by atoms with Gasteiger partial charge < -0.3 is 40.0 Å². The summed E-state index contributed by atoms with van der Waals surface area (Å²) < 4.78 is 17.4. The molecule has 0 aromatic heterocycles. The van der Waals surface area contributed by atoms with Crippen LogP contribution in [0, 0.1) is 0 Å². The van der Waals surface area contributed by atoms with E-state index in [9.17, 15) is 39.6 Å². The lowest BCUT2D eigenvalue weighted by Crippen LogP contribution is -2.54. The van der Waals surface area contributed by atoms with Gasteiger partial charge in [0.1, 0.15) is 29.0 Å². The van der Waals surface area contributed by atoms with Crippen LogP contribution in [0.3, 0.4) is 0 Å². The molecule has 44 heavy (non-hydrogen) atoms. The van der Waals surface area contributed by atoms with Crippen LogP contribution in [-0.2, 0) is 25.5 Å². The molecular formula is C32H35NO11. The number of carbonyl (C=O) groups is 4. The summed E-state index contributed by atoms with van der Waals surface area (Å²) in [6.07, 6.45) is -3.45. The van der Waals surface area contributed by atoms with Crippen molar-refractivity contribution in [1.29, 1.82) is 0 Å². The number of rotatable bonds is 7. The number of ether oxygens (including phenoxy) is 3. The van der Waals surface area contributed by atoms with Crippen LogP contribution in [0.4, 0.5) is 0 Å². The Morgan fingerprint density at radius 2 is 1.75 bits per heavy atom. The van der Waals surface area contributed by atoms with Gasteiger partial charge in [0.25, 0.3) is 0 Å². The SMILES string of the molecule is COc1cccc2c1C(=O)c1c(O)c3c(c(O)c1C2=O)CC(O)(C(C)=O)CC3OC1CC(NC(C)=CC(C)=O)C(O)C(C)O1. The lowest BCUT2D eigenvalue weighted by molar-refractivity contribution is -0.249. The Bertz CT molecular complexity index is 1610. The quantitative estimate of drug-likeness (QED) is 0.194. The fraction of sp³-hybridized carbons (Fsp3) is 0.438. The molecule has 1 fully saturated rings. The number of ketones is 4. The number of aliphatic hydroxyl groups is 2. The molecule has 0 radical (unpaired) electrons. The number of Topliss-reactive ketones (excluding diaryl/α,β-unsaturated/α-hetero) is 1. The maximum absolute atomic E-state index is 13.8. The van der Waals surface area contributed by atoms with E-state index in [0.29, 0.717) is 5.70 Å². The summed E-state index contributed by atoms with van der Waals surface area (Å²) in [5.74, 6) is -3.48. The van der Waals surface area contributed by atoms with E-state index in [-0.39, 0.29) is 46.6 Å². The zero-order chi connectivity index (χ0) is 32.2. The Kier molecular flexibility index (Phi) is 8.14. The Morgan fingerprint density at radius 3 is 2.39 bits per heavy atom. The van der Waals surface area contributed by atoms with Gasteiger partial charge in [0, 0.05) is 41.6 Å². The van der Waals surface area contributed by atoms with Crippen molar-refractivity contribution in [3.8, 4) is 17.2 Å². The summed E-state index contributed by atoms with van der Waals surface area (Å²) in [6.45, 7) is 5.86. The Morgan fingerprint density at radius 1 is 1.07 bits per heavy atom. The predicted octanol–water partition coefficient (Wildman–Crippen LogP) is 2.15. The van der Waals surface area contributed by atoms with E-state index in [2.05, 4.69) is 5.32 Å². The maximum atomic E-state index is 13.8. The molecule has 234 valence electrons. The molecule has 6 unspecified atom stereocenters. The number of fused-ring (bicyclic) bond motifs is 3. The number of nitrogens with one attached hydrogen (secondary N) is 1. The molecule has 0 spiro atoms. The fourth-order valence-corrected chi connectivity index (χ4v) is 6.41. The van der Waals surface area contributed by atoms with Crippen molar-refractivity contribution in [2.75, 3.05) is 7.11 Å². The molecule has 6 atom stereocenters. The first-order valence-electron chi connectivity index (χ1n) is 14.2. The highest BCUT2D eigenvalue weighted by molar-refractivity contribution is 6.31. The van der Waals surface area contributed by atoms with Crippen LogP contribution in [0.5, 0.6) is 17.2 Å². The molecule has 5 N–H and O–H groups in total. The van der Waals surface area contributed by atoms with Gasteiger partial charge >= 0.3 is 0 Å². The summed E-state index contributed by atoms with van der Waals surface area (Å²) in [5, 5.41) is 48.3. The normalized spacial score (nSPS) is 28.1. The Hall–Kier alpha value is -4.10. The van der Waals surface area contributed by atoms with Crippen molar-refractivity contribution < 1.29 is 53.8 Å². The number of hydrogen-bond donors (Lipinski definition) is 5. The van der Waals surface area contributed by atoms with E-state index in [0.717, 1.165) is 0 Å². The predicted molar refractivity (Wildman–Crippen MR) is 154 cm³/mol. The van der Waals surface area contributed by atoms with Crippen LogP contribution in [0.25, 0.3) is 0 Å². The van der Waals surface area contributed by atoms with Gasteiger partial charge in [-0.1, -0.05) is 12.1 Å². The second-order valence-corrected chi connectivity index (χ2v) is 11.7. The van der Waals surface area contributed by atoms with Crippen molar-refractivity contribution in [2.24, 2.45) is 0 Å². The molecule has 5 rings (SSSR count). The number of benzene rings is 2. The number of aromatic hydroxyl groups is 2. The molecule has 3 aliphatic rings. The lowest BCUT2D eigenvalue weighted by Gasteiger charge is -2.43. The summed E-state index contributed by atoms with van der Waals surface area (Å²) in [7, 11) is 1.33. The van der Waals surface area contributed by atoms with Crippen LogP contribution >= 0.6 is 0 Å². The van der Waals surface area contributed by atoms with Crippen molar-refractivity contribution in [2.45, 2.75) is 83.2 Å². The second-order valence-electron chi connectivity index (χ2n) is 11.7. The molecule has 1 aliphatic heterocycles. The molecule has 12 heteroatoms. The van der Waals surface area contributed by atoms with Crippen molar-refractivity contribution in [3.05, 3.63) is 63.4 Å². The van der Waals surface area contributed by atoms with Gasteiger partial charge in [-0.2, -0.15) is 0 Å². The highest BCUT2D eigenvalue weighted by atomic mass is 16.7. The molecule has 0 saturated carbocycles. The first kappa shape index (κ1) is 31.3. The average Bonchev–Trinajstić information content (AvgIpc) is 2.95. The van der Waals surface area contributed by atoms with Gasteiger partial charge in [-0.05, 0) is 39.8 Å². The minimum absolute atomic E-state index is 0.0299. The molecule has 0 bridgehead atoms. The zero-order valence-corrected chi connectivity index (χ0v) is 25.0. The van der Waals surface area contributed by atoms with Crippen LogP contribution in [0.2, 0.25) is 0 Å². The minimum atomic E-state index is -2.04. The van der Waals surface area contributed by atoms with E-state index >= 15 is 0 Å². The van der Waals surface area contributed by atoms with Crippen LogP contribution in [0.1, 0.15) is 89.6 Å². The summed E-state index contributed by atoms with van der Waals surface area (Å²) in [4.78, 5) is 51.6. The van der Waals surface area contributed by atoms with Gasteiger partial charge in [-0.25, -0.2) is 0 Å². The van der Waals surface area contributed by atoms with Gasteiger partial charge in [0.15, 0.2) is 23.6 Å². The monoisotopic (exact) mass is 609 g/mol. The molecule has 1 heterocycles. The highest BCUT2D eigenvalue weighted by Crippen LogP contribution is 2.52. The minimum Gasteiger partial charge on any atom is -0.507 e. The molecule has 2 aromatic carbocycles. The lowest BCUT2D eigenvalue weighted by atomic mass is 9.72. The first-order valence-corrected chi connectivity index (χ1v) is 14.2. The number of methoxy groups -OCH3 is 1. The number of phenols is 2. The largest absolute Gasteiger partial charge is 0.507 e. The van der Waals surface area contributed by atoms with E-state index in [4.69, 9.17) is 14.2 Å². The average molecular weight is 610 g/mol. The van der Waals surface area contributed by atoms with Gasteiger partial charge in [-0.15, -0.1) is 0 Å². The molecule has 2 aliphatic carbocycles. The summed E-state index contributed by atoms with van der Waals surface area (Å²) in [5.41, 5.74) is -2.69. The third-order valence-electron chi connectivity index (χ3n) is 8.59. The van der Waals surface area contributed by atoms with Crippen LogP contribution in [-0.4, -0.2) is 80.8 Å². The van der Waals surface area contributed by atoms with E-state index in [1.165, 1.54) is 45.2 Å². The standard InChI is InChI=1S/C32H35NO11/c1-13(9-14(2)34)33-19-10-22(43-15(3)27(19)36)44-21-12-32(41,16(4)35)11-18-24(21)31(40)26-25(29(18)38)28(37)17-7-6-8-20(42-5)23(17)30(26)39/h6-9,15,19,21-22,27,33,36,38,40-41H,10-12H2,1-5H3. The van der Waals surface area contributed by atoms with Crippen LogP contribution < -0.4 is 10.1 Å². The third kappa shape index (κ3) is 5.17. The zero-order valence-electron chi connectivity index (χ0n) is 25.0. The topological polar surface area (TPSA) is 189 Å². The van der Waals surface area contributed by atoms with Crippen LogP contribution in [0.15, 0.2) is 30.0 Å². The molecular weight excluding hydrogens is 574 g/mol. The second kappa shape index (κ2) is 11.4. The molecule has 0 amide bonds. The number of aliphatic hydroxyl groups excluding tert-OH is 1. The van der Waals surface area contributed by atoms with Gasteiger partial charge in [0.05, 0.1) is 42.0 Å². The van der Waals surface area contributed by atoms with E-state index in [1.54, 1.807) is 13.8 Å². The highest BCUT2D eigenvalue weighted by Gasteiger charge is 2.49. The number of allylic oxidation sites excluding steroid dienone is 2. The molecule has 2 aromatic rings. The van der Waals surface area contributed by atoms with Crippen molar-refractivity contribution in [1.82, 2.24) is 5.32 Å². The van der Waals surface area contributed by atoms with Gasteiger partial charge in [-0.3, -0.25) is 19.2 Å². The number of hydrogen-bond acceptors (Lipinski definition) is 12. The summed E-state index contributed by atoms with van der Waals surface area (Å²) in [6, 6.07) is 3.80. The summed E-state index contributed by atoms with van der Waals surface area (Å²) >= 11 is 0. The number of carbonyl (C=O) groups excluding carboxylic acids is 4. The molecule has 1 saturated heterocycles. The van der Waals surface area contributed by atoms with Crippen molar-refractivity contribution in [3.63, 3.8) is 0 Å². The number of phenolic OH excluding ortho intramolecular Hbond substituents is 2. The van der Waals surface area contributed by atoms with Gasteiger partial charge in [0.2, 0.25) is 5.78 Å². The first-order chi connectivity index (χ1) is 20.7. The Balaban J connectivity index is 1.60. The third-order valence-corrected chi connectivity index (χ3v) is 8.59. The fourth-order valence-electron chi connectivity index (χ4n) is 6.41. The smallest absolute Gasteiger partial charge is 0.202 e.